The molecule has 1 fully saturated rings. The number of pyridine rings is 1. The summed E-state index contributed by atoms with van der Waals surface area (Å²) in [4.78, 5) is 15.8. The Labute approximate surface area is 119 Å². The molecule has 0 saturated carbocycles. The largest absolute Gasteiger partial charge is 0.356 e. The van der Waals surface area contributed by atoms with E-state index in [0.717, 1.165) is 30.4 Å². The minimum Gasteiger partial charge on any atom is -0.356 e. The fourth-order valence-electron chi connectivity index (χ4n) is 2.90. The first-order valence-electron chi connectivity index (χ1n) is 7.20. The van der Waals surface area contributed by atoms with Crippen molar-refractivity contribution >= 4 is 5.82 Å². The summed E-state index contributed by atoms with van der Waals surface area (Å²) < 4.78 is 0. The second-order valence-electron chi connectivity index (χ2n) is 5.45. The van der Waals surface area contributed by atoms with Crippen LogP contribution in [0, 0.1) is 13.8 Å². The number of hydrogen-bond donors (Lipinski definition) is 0. The molecule has 1 saturated heterocycles. The van der Waals surface area contributed by atoms with Gasteiger partial charge in [0.2, 0.25) is 0 Å². The third-order valence-electron chi connectivity index (χ3n) is 3.80. The van der Waals surface area contributed by atoms with Crippen molar-refractivity contribution in [2.45, 2.75) is 32.6 Å². The molecule has 3 rings (SSSR count). The fourth-order valence-corrected chi connectivity index (χ4v) is 2.90. The van der Waals surface area contributed by atoms with Gasteiger partial charge in [-0.3, -0.25) is 4.98 Å². The Kier molecular flexibility index (Phi) is 3.63. The van der Waals surface area contributed by atoms with Gasteiger partial charge in [-0.15, -0.1) is 0 Å². The molecule has 0 spiro atoms. The molecule has 2 aromatic rings. The van der Waals surface area contributed by atoms with E-state index in [1.807, 2.05) is 26.1 Å². The minimum atomic E-state index is 0.500. The molecule has 0 aromatic carbocycles. The van der Waals surface area contributed by atoms with E-state index in [1.54, 1.807) is 0 Å². The Bertz CT molecular complexity index is 562. The van der Waals surface area contributed by atoms with Crippen LogP contribution >= 0.6 is 0 Å². The average molecular weight is 268 g/mol. The average Bonchev–Trinajstić information content (AvgIpc) is 2.47. The predicted octanol–water partition coefficient (Wildman–Crippen LogP) is 2.87. The number of anilines is 1. The minimum absolute atomic E-state index is 0.500. The highest BCUT2D eigenvalue weighted by Gasteiger charge is 2.23. The molecular weight excluding hydrogens is 248 g/mol. The molecule has 4 nitrogen and oxygen atoms in total. The van der Waals surface area contributed by atoms with E-state index >= 15 is 0 Å². The normalized spacial score (nSPS) is 19.1. The van der Waals surface area contributed by atoms with E-state index in [-0.39, 0.29) is 0 Å². The third-order valence-corrected chi connectivity index (χ3v) is 3.80. The standard InChI is InChI=1S/C16H20N4/c1-12-10-16(19-13(2)18-12)20-9-5-6-14(11-20)15-7-3-4-8-17-15/h3-4,7-8,10,14H,5-6,9,11H2,1-2H3/t14-/m0/s1. The van der Waals surface area contributed by atoms with Crippen molar-refractivity contribution in [1.29, 1.82) is 0 Å². The molecule has 1 aliphatic rings. The zero-order valence-corrected chi connectivity index (χ0v) is 12.1. The first kappa shape index (κ1) is 13.0. The molecular formula is C16H20N4. The Morgan fingerprint density at radius 3 is 2.85 bits per heavy atom. The fraction of sp³-hybridized carbons (Fsp3) is 0.438. The van der Waals surface area contributed by atoms with Gasteiger partial charge in [0.25, 0.3) is 0 Å². The lowest BCUT2D eigenvalue weighted by atomic mass is 9.94. The summed E-state index contributed by atoms with van der Waals surface area (Å²) >= 11 is 0. The zero-order valence-electron chi connectivity index (χ0n) is 12.1. The molecule has 1 atom stereocenters. The van der Waals surface area contributed by atoms with E-state index in [2.05, 4.69) is 38.1 Å². The van der Waals surface area contributed by atoms with Gasteiger partial charge in [-0.1, -0.05) is 6.07 Å². The summed E-state index contributed by atoms with van der Waals surface area (Å²) in [7, 11) is 0. The van der Waals surface area contributed by atoms with Crippen molar-refractivity contribution in [1.82, 2.24) is 15.0 Å². The van der Waals surface area contributed by atoms with Crippen molar-refractivity contribution in [3.63, 3.8) is 0 Å². The third kappa shape index (κ3) is 2.79. The highest BCUT2D eigenvalue weighted by atomic mass is 15.2. The van der Waals surface area contributed by atoms with Crippen LogP contribution in [0.15, 0.2) is 30.5 Å². The van der Waals surface area contributed by atoms with Crippen molar-refractivity contribution < 1.29 is 0 Å². The summed E-state index contributed by atoms with van der Waals surface area (Å²) in [5.74, 6) is 2.40. The van der Waals surface area contributed by atoms with Gasteiger partial charge in [0.15, 0.2) is 0 Å². The van der Waals surface area contributed by atoms with Crippen LogP contribution in [0.4, 0.5) is 5.82 Å². The monoisotopic (exact) mass is 268 g/mol. The molecule has 4 heteroatoms. The van der Waals surface area contributed by atoms with Crippen LogP contribution in [-0.2, 0) is 0 Å². The summed E-state index contributed by atoms with van der Waals surface area (Å²) in [6.07, 6.45) is 4.27. The number of aromatic nitrogens is 3. The smallest absolute Gasteiger partial charge is 0.132 e. The van der Waals surface area contributed by atoms with Crippen LogP contribution < -0.4 is 4.90 Å². The highest BCUT2D eigenvalue weighted by molar-refractivity contribution is 5.41. The molecule has 0 unspecified atom stereocenters. The van der Waals surface area contributed by atoms with Crippen LogP contribution in [0.1, 0.15) is 36.0 Å². The van der Waals surface area contributed by atoms with E-state index in [9.17, 15) is 0 Å². The maximum absolute atomic E-state index is 4.58. The molecule has 0 radical (unpaired) electrons. The molecule has 2 aromatic heterocycles. The zero-order chi connectivity index (χ0) is 13.9. The summed E-state index contributed by atoms with van der Waals surface area (Å²) in [5.41, 5.74) is 2.23. The maximum Gasteiger partial charge on any atom is 0.132 e. The van der Waals surface area contributed by atoms with Gasteiger partial charge in [-0.05, 0) is 38.8 Å². The summed E-state index contributed by atoms with van der Waals surface area (Å²) in [6.45, 7) is 6.04. The Balaban J connectivity index is 1.81. The lowest BCUT2D eigenvalue weighted by molar-refractivity contribution is 0.498. The van der Waals surface area contributed by atoms with E-state index in [0.29, 0.717) is 5.92 Å². The quantitative estimate of drug-likeness (QED) is 0.840. The molecule has 20 heavy (non-hydrogen) atoms. The van der Waals surface area contributed by atoms with Crippen LogP contribution in [0.5, 0.6) is 0 Å². The van der Waals surface area contributed by atoms with Gasteiger partial charge < -0.3 is 4.90 Å². The number of nitrogens with zero attached hydrogens (tertiary/aromatic N) is 4. The summed E-state index contributed by atoms with van der Waals surface area (Å²) in [5, 5.41) is 0. The molecule has 0 amide bonds. The SMILES string of the molecule is Cc1cc(N2CCC[C@H](c3ccccn3)C2)nc(C)n1. The van der Waals surface area contributed by atoms with Crippen LogP contribution in [0.3, 0.4) is 0 Å². The number of aryl methyl sites for hydroxylation is 2. The second-order valence-corrected chi connectivity index (χ2v) is 5.45. The van der Waals surface area contributed by atoms with Crippen molar-refractivity contribution in [2.24, 2.45) is 0 Å². The second kappa shape index (κ2) is 5.57. The predicted molar refractivity (Wildman–Crippen MR) is 79.9 cm³/mol. The van der Waals surface area contributed by atoms with Crippen LogP contribution in [-0.4, -0.2) is 28.0 Å². The van der Waals surface area contributed by atoms with Crippen molar-refractivity contribution in [2.75, 3.05) is 18.0 Å². The number of piperidine rings is 1. The first-order valence-corrected chi connectivity index (χ1v) is 7.20. The molecule has 1 aliphatic heterocycles. The summed E-state index contributed by atoms with van der Waals surface area (Å²) in [6, 6.07) is 8.25. The van der Waals surface area contributed by atoms with Gasteiger partial charge in [0, 0.05) is 42.7 Å². The Morgan fingerprint density at radius 1 is 1.20 bits per heavy atom. The van der Waals surface area contributed by atoms with Gasteiger partial charge >= 0.3 is 0 Å². The molecule has 0 aliphatic carbocycles. The Morgan fingerprint density at radius 2 is 2.10 bits per heavy atom. The van der Waals surface area contributed by atoms with Crippen molar-refractivity contribution in [3.05, 3.63) is 47.7 Å². The molecule has 0 bridgehead atoms. The van der Waals surface area contributed by atoms with Crippen LogP contribution in [0.2, 0.25) is 0 Å². The maximum atomic E-state index is 4.58. The topological polar surface area (TPSA) is 41.9 Å². The Hall–Kier alpha value is -1.97. The van der Waals surface area contributed by atoms with Crippen molar-refractivity contribution in [3.8, 4) is 0 Å². The molecule has 0 N–H and O–H groups in total. The van der Waals surface area contributed by atoms with E-state index in [1.165, 1.54) is 18.5 Å². The lowest BCUT2D eigenvalue weighted by Crippen LogP contribution is -2.35. The van der Waals surface area contributed by atoms with Gasteiger partial charge in [-0.25, -0.2) is 9.97 Å². The molecule has 104 valence electrons. The molecule has 3 heterocycles. The first-order chi connectivity index (χ1) is 9.72. The highest BCUT2D eigenvalue weighted by Crippen LogP contribution is 2.28. The lowest BCUT2D eigenvalue weighted by Gasteiger charge is -2.33. The number of rotatable bonds is 2. The van der Waals surface area contributed by atoms with E-state index < -0.39 is 0 Å². The van der Waals surface area contributed by atoms with E-state index in [4.69, 9.17) is 0 Å². The van der Waals surface area contributed by atoms with Gasteiger partial charge in [-0.2, -0.15) is 0 Å². The van der Waals surface area contributed by atoms with Gasteiger partial charge in [0.1, 0.15) is 11.6 Å². The number of hydrogen-bond acceptors (Lipinski definition) is 4. The van der Waals surface area contributed by atoms with Gasteiger partial charge in [0.05, 0.1) is 0 Å². The van der Waals surface area contributed by atoms with Crippen LogP contribution in [0.25, 0.3) is 0 Å².